The lowest BCUT2D eigenvalue weighted by molar-refractivity contribution is -0.126. The number of nitrogens with zero attached hydrogens (tertiary/aromatic N) is 2. The van der Waals surface area contributed by atoms with Gasteiger partial charge in [-0.25, -0.2) is 13.8 Å². The van der Waals surface area contributed by atoms with Gasteiger partial charge in [-0.05, 0) is 44.4 Å². The van der Waals surface area contributed by atoms with Crippen molar-refractivity contribution in [1.82, 2.24) is 9.73 Å². The van der Waals surface area contributed by atoms with E-state index in [2.05, 4.69) is 10.5 Å². The van der Waals surface area contributed by atoms with E-state index in [0.29, 0.717) is 25.1 Å². The van der Waals surface area contributed by atoms with Gasteiger partial charge in [-0.1, -0.05) is 48.0 Å². The van der Waals surface area contributed by atoms with Crippen LogP contribution in [-0.2, 0) is 14.8 Å². The summed E-state index contributed by atoms with van der Waals surface area (Å²) in [6.45, 7) is 4.33. The van der Waals surface area contributed by atoms with Gasteiger partial charge in [-0.2, -0.15) is 9.41 Å². The van der Waals surface area contributed by atoms with Crippen LogP contribution in [0.15, 0.2) is 64.6 Å². The van der Waals surface area contributed by atoms with Crippen molar-refractivity contribution < 1.29 is 13.2 Å². The third-order valence-corrected chi connectivity index (χ3v) is 6.82. The standard InChI is InChI=1S/C21H25N3O3S/c1-16-10-12-20(13-11-16)28(26,27)24-14-6-9-19(15-24)21(25)23-22-17(2)18-7-4-3-5-8-18/h3-5,7-8,10-13,19H,6,9,14-15H2,1-2H3,(H,23,25)/b22-17-/t19-/m1/s1. The van der Waals surface area contributed by atoms with Gasteiger partial charge < -0.3 is 0 Å². The Morgan fingerprint density at radius 1 is 1.11 bits per heavy atom. The van der Waals surface area contributed by atoms with Crippen molar-refractivity contribution in [3.8, 4) is 0 Å². The summed E-state index contributed by atoms with van der Waals surface area (Å²) in [5.41, 5.74) is 5.23. The maximum absolute atomic E-state index is 12.9. The first kappa shape index (κ1) is 20.2. The molecule has 1 N–H and O–H groups in total. The summed E-state index contributed by atoms with van der Waals surface area (Å²) in [5, 5.41) is 4.17. The van der Waals surface area contributed by atoms with Crippen molar-refractivity contribution >= 4 is 21.6 Å². The first-order valence-corrected chi connectivity index (χ1v) is 10.8. The second-order valence-corrected chi connectivity index (χ2v) is 8.99. The summed E-state index contributed by atoms with van der Waals surface area (Å²) in [5.74, 6) is -0.666. The monoisotopic (exact) mass is 399 g/mol. The molecule has 148 valence electrons. The van der Waals surface area contributed by atoms with Gasteiger partial charge in [0.05, 0.1) is 16.5 Å². The largest absolute Gasteiger partial charge is 0.273 e. The fraction of sp³-hybridized carbons (Fsp3) is 0.333. The molecule has 1 heterocycles. The van der Waals surface area contributed by atoms with Crippen LogP contribution in [0.2, 0.25) is 0 Å². The van der Waals surface area contributed by atoms with Gasteiger partial charge in [0.15, 0.2) is 0 Å². The fourth-order valence-corrected chi connectivity index (χ4v) is 4.73. The van der Waals surface area contributed by atoms with Crippen molar-refractivity contribution in [3.63, 3.8) is 0 Å². The maximum atomic E-state index is 12.9. The van der Waals surface area contributed by atoms with Crippen LogP contribution in [0.3, 0.4) is 0 Å². The molecule has 2 aromatic rings. The van der Waals surface area contributed by atoms with Gasteiger partial charge in [-0.15, -0.1) is 0 Å². The molecule has 0 unspecified atom stereocenters. The minimum Gasteiger partial charge on any atom is -0.273 e. The molecule has 2 aromatic carbocycles. The van der Waals surface area contributed by atoms with Crippen molar-refractivity contribution in [2.75, 3.05) is 13.1 Å². The fourth-order valence-electron chi connectivity index (χ4n) is 3.21. The van der Waals surface area contributed by atoms with E-state index in [1.165, 1.54) is 4.31 Å². The molecular weight excluding hydrogens is 374 g/mol. The SMILES string of the molecule is C/C(=N/NC(=O)[C@@H]1CCCN(S(=O)(=O)c2ccc(C)cc2)C1)c1ccccc1. The Balaban J connectivity index is 1.67. The molecular formula is C21H25N3O3S. The van der Waals surface area contributed by atoms with Crippen LogP contribution in [0.5, 0.6) is 0 Å². The van der Waals surface area contributed by atoms with Crippen molar-refractivity contribution in [2.24, 2.45) is 11.0 Å². The third kappa shape index (κ3) is 4.66. The molecule has 0 saturated carbocycles. The van der Waals surface area contributed by atoms with Crippen molar-refractivity contribution in [3.05, 3.63) is 65.7 Å². The number of rotatable bonds is 5. The molecule has 1 aliphatic heterocycles. The smallest absolute Gasteiger partial charge is 0.244 e. The first-order chi connectivity index (χ1) is 13.4. The van der Waals surface area contributed by atoms with Gasteiger partial charge in [-0.3, -0.25) is 4.79 Å². The van der Waals surface area contributed by atoms with Crippen LogP contribution < -0.4 is 5.43 Å². The number of amides is 1. The molecule has 1 amide bonds. The van der Waals surface area contributed by atoms with E-state index in [1.54, 1.807) is 24.3 Å². The van der Waals surface area contributed by atoms with Crippen LogP contribution >= 0.6 is 0 Å². The molecule has 1 aliphatic rings. The molecule has 1 fully saturated rings. The highest BCUT2D eigenvalue weighted by molar-refractivity contribution is 7.89. The number of nitrogens with one attached hydrogen (secondary N) is 1. The predicted molar refractivity (Wildman–Crippen MR) is 109 cm³/mol. The van der Waals surface area contributed by atoms with Crippen molar-refractivity contribution in [1.29, 1.82) is 0 Å². The zero-order valence-corrected chi connectivity index (χ0v) is 16.9. The number of benzene rings is 2. The minimum atomic E-state index is -3.60. The van der Waals surface area contributed by atoms with Gasteiger partial charge >= 0.3 is 0 Å². The van der Waals surface area contributed by atoms with Gasteiger partial charge in [0.2, 0.25) is 15.9 Å². The number of aryl methyl sites for hydroxylation is 1. The lowest BCUT2D eigenvalue weighted by atomic mass is 9.99. The summed E-state index contributed by atoms with van der Waals surface area (Å²) >= 11 is 0. The average molecular weight is 400 g/mol. The normalized spacial score (nSPS) is 18.6. The van der Waals surface area contributed by atoms with E-state index in [4.69, 9.17) is 0 Å². The Bertz CT molecular complexity index is 954. The van der Waals surface area contributed by atoms with Crippen LogP contribution in [0.25, 0.3) is 0 Å². The molecule has 0 bridgehead atoms. The lowest BCUT2D eigenvalue weighted by Gasteiger charge is -2.30. The average Bonchev–Trinajstić information content (AvgIpc) is 2.72. The van der Waals surface area contributed by atoms with Gasteiger partial charge in [0.1, 0.15) is 0 Å². The van der Waals surface area contributed by atoms with Crippen LogP contribution in [0.4, 0.5) is 0 Å². The highest BCUT2D eigenvalue weighted by atomic mass is 32.2. The Kier molecular flexibility index (Phi) is 6.26. The zero-order chi connectivity index (χ0) is 20.1. The summed E-state index contributed by atoms with van der Waals surface area (Å²) in [6.07, 6.45) is 1.29. The predicted octanol–water partition coefficient (Wildman–Crippen LogP) is 2.94. The number of carbonyl (C=O) groups is 1. The summed E-state index contributed by atoms with van der Waals surface area (Å²) in [4.78, 5) is 12.8. The maximum Gasteiger partial charge on any atom is 0.244 e. The van der Waals surface area contributed by atoms with Crippen molar-refractivity contribution in [2.45, 2.75) is 31.6 Å². The van der Waals surface area contributed by atoms with E-state index in [9.17, 15) is 13.2 Å². The lowest BCUT2D eigenvalue weighted by Crippen LogP contribution is -2.44. The quantitative estimate of drug-likeness (QED) is 0.620. The molecule has 0 aliphatic carbocycles. The van der Waals surface area contributed by atoms with Gasteiger partial charge in [0, 0.05) is 13.1 Å². The van der Waals surface area contributed by atoms with Gasteiger partial charge in [0.25, 0.3) is 0 Å². The van der Waals surface area contributed by atoms with E-state index in [1.807, 2.05) is 44.2 Å². The molecule has 1 saturated heterocycles. The van der Waals surface area contributed by atoms with Crippen LogP contribution in [0.1, 0.15) is 30.9 Å². The number of sulfonamides is 1. The molecule has 3 rings (SSSR count). The molecule has 1 atom stereocenters. The van der Waals surface area contributed by atoms with E-state index >= 15 is 0 Å². The van der Waals surface area contributed by atoms with Crippen LogP contribution in [-0.4, -0.2) is 37.4 Å². The number of hydrazone groups is 1. The number of hydrogen-bond donors (Lipinski definition) is 1. The Hall–Kier alpha value is -2.51. The first-order valence-electron chi connectivity index (χ1n) is 9.34. The Morgan fingerprint density at radius 3 is 2.46 bits per heavy atom. The second-order valence-electron chi connectivity index (χ2n) is 7.05. The number of hydrogen-bond acceptors (Lipinski definition) is 4. The van der Waals surface area contributed by atoms with E-state index in [0.717, 1.165) is 11.1 Å². The molecule has 28 heavy (non-hydrogen) atoms. The minimum absolute atomic E-state index is 0.169. The van der Waals surface area contributed by atoms with E-state index in [-0.39, 0.29) is 17.3 Å². The highest BCUT2D eigenvalue weighted by Gasteiger charge is 2.33. The van der Waals surface area contributed by atoms with E-state index < -0.39 is 15.9 Å². The third-order valence-electron chi connectivity index (χ3n) is 4.94. The zero-order valence-electron chi connectivity index (χ0n) is 16.1. The van der Waals surface area contributed by atoms with Crippen LogP contribution in [0, 0.1) is 12.8 Å². The Labute approximate surface area is 166 Å². The molecule has 6 nitrogen and oxygen atoms in total. The summed E-state index contributed by atoms with van der Waals surface area (Å²) < 4.78 is 27.2. The molecule has 0 aromatic heterocycles. The molecule has 7 heteroatoms. The Morgan fingerprint density at radius 2 is 1.79 bits per heavy atom. The number of carbonyl (C=O) groups excluding carboxylic acids is 1. The molecule has 0 spiro atoms. The molecule has 0 radical (unpaired) electrons. The summed E-state index contributed by atoms with van der Waals surface area (Å²) in [6, 6.07) is 16.4. The summed E-state index contributed by atoms with van der Waals surface area (Å²) in [7, 11) is -3.60. The second kappa shape index (κ2) is 8.67. The number of piperidine rings is 1. The highest BCUT2D eigenvalue weighted by Crippen LogP contribution is 2.24. The topological polar surface area (TPSA) is 78.8 Å².